The van der Waals surface area contributed by atoms with Crippen LogP contribution in [0.2, 0.25) is 0 Å². The first-order valence-corrected chi connectivity index (χ1v) is 9.71. The standard InChI is InChI=1S/C22H27NO5/c1-26-16-7-9-17(10-8-16)27-14-18-22(28-13-15-5-3-2-4-6-15)21(25)20-19(24)11-12-23(18)20/h2-10,18-22,24-25H,11-14H2,1H3/t18-,19-,20-,21+,22+/m1/s1. The fourth-order valence-electron chi connectivity index (χ4n) is 4.26. The van der Waals surface area contributed by atoms with Gasteiger partial charge in [-0.15, -0.1) is 0 Å². The predicted octanol–water partition coefficient (Wildman–Crippen LogP) is 1.84. The van der Waals surface area contributed by atoms with E-state index in [1.54, 1.807) is 7.11 Å². The summed E-state index contributed by atoms with van der Waals surface area (Å²) in [6.45, 7) is 1.52. The van der Waals surface area contributed by atoms with E-state index >= 15 is 0 Å². The highest BCUT2D eigenvalue weighted by Crippen LogP contribution is 2.36. The summed E-state index contributed by atoms with van der Waals surface area (Å²) in [6.07, 6.45) is -1.04. The lowest BCUT2D eigenvalue weighted by atomic mass is 10.0. The quantitative estimate of drug-likeness (QED) is 0.758. The summed E-state index contributed by atoms with van der Waals surface area (Å²) in [7, 11) is 1.63. The Morgan fingerprint density at radius 1 is 1.00 bits per heavy atom. The molecule has 0 radical (unpaired) electrons. The number of methoxy groups -OCH3 is 1. The van der Waals surface area contributed by atoms with Crippen LogP contribution < -0.4 is 9.47 Å². The maximum atomic E-state index is 10.8. The van der Waals surface area contributed by atoms with E-state index in [9.17, 15) is 10.2 Å². The summed E-state index contributed by atoms with van der Waals surface area (Å²) in [4.78, 5) is 2.13. The lowest BCUT2D eigenvalue weighted by Crippen LogP contribution is -2.42. The minimum absolute atomic E-state index is 0.122. The number of fused-ring (bicyclic) bond motifs is 1. The molecule has 2 aromatic rings. The van der Waals surface area contributed by atoms with E-state index < -0.39 is 18.3 Å². The summed E-state index contributed by atoms with van der Waals surface area (Å²) in [5.74, 6) is 1.51. The molecule has 2 saturated heterocycles. The summed E-state index contributed by atoms with van der Waals surface area (Å²) >= 11 is 0. The maximum Gasteiger partial charge on any atom is 0.119 e. The third-order valence-electron chi connectivity index (χ3n) is 5.72. The van der Waals surface area contributed by atoms with Gasteiger partial charge >= 0.3 is 0 Å². The molecule has 0 amide bonds. The van der Waals surface area contributed by atoms with Gasteiger partial charge in [-0.05, 0) is 36.2 Å². The van der Waals surface area contributed by atoms with Crippen LogP contribution in [-0.4, -0.2) is 65.8 Å². The molecule has 2 aromatic carbocycles. The van der Waals surface area contributed by atoms with Crippen LogP contribution in [-0.2, 0) is 11.3 Å². The lowest BCUT2D eigenvalue weighted by molar-refractivity contribution is -0.0545. The number of aliphatic hydroxyl groups excluding tert-OH is 2. The molecule has 2 aliphatic rings. The van der Waals surface area contributed by atoms with Gasteiger partial charge in [-0.3, -0.25) is 4.90 Å². The van der Waals surface area contributed by atoms with Crippen LogP contribution >= 0.6 is 0 Å². The van der Waals surface area contributed by atoms with Crippen LogP contribution in [0, 0.1) is 0 Å². The number of hydrogen-bond donors (Lipinski definition) is 2. The molecule has 28 heavy (non-hydrogen) atoms. The fourth-order valence-corrected chi connectivity index (χ4v) is 4.26. The Morgan fingerprint density at radius 2 is 1.71 bits per heavy atom. The first kappa shape index (κ1) is 19.2. The Labute approximate surface area is 165 Å². The highest BCUT2D eigenvalue weighted by Gasteiger charge is 2.54. The topological polar surface area (TPSA) is 71.4 Å². The van der Waals surface area contributed by atoms with Crippen molar-refractivity contribution in [3.05, 3.63) is 60.2 Å². The number of benzene rings is 2. The van der Waals surface area contributed by atoms with E-state index in [1.165, 1.54) is 0 Å². The molecule has 5 atom stereocenters. The average molecular weight is 385 g/mol. The van der Waals surface area contributed by atoms with Crippen molar-refractivity contribution in [1.82, 2.24) is 4.90 Å². The van der Waals surface area contributed by atoms with Gasteiger partial charge in [0.15, 0.2) is 0 Å². The van der Waals surface area contributed by atoms with Gasteiger partial charge in [-0.1, -0.05) is 30.3 Å². The van der Waals surface area contributed by atoms with E-state index in [4.69, 9.17) is 14.2 Å². The van der Waals surface area contributed by atoms with Gasteiger partial charge in [-0.2, -0.15) is 0 Å². The van der Waals surface area contributed by atoms with Crippen LogP contribution in [0.4, 0.5) is 0 Å². The molecule has 150 valence electrons. The monoisotopic (exact) mass is 385 g/mol. The zero-order valence-corrected chi connectivity index (χ0v) is 16.0. The molecule has 6 heteroatoms. The molecule has 0 aliphatic carbocycles. The molecular weight excluding hydrogens is 358 g/mol. The molecule has 0 bridgehead atoms. The molecule has 0 saturated carbocycles. The van der Waals surface area contributed by atoms with Crippen molar-refractivity contribution in [1.29, 1.82) is 0 Å². The molecule has 0 unspecified atom stereocenters. The molecular formula is C22H27NO5. The van der Waals surface area contributed by atoms with Gasteiger partial charge < -0.3 is 24.4 Å². The Morgan fingerprint density at radius 3 is 2.43 bits per heavy atom. The molecule has 0 spiro atoms. The largest absolute Gasteiger partial charge is 0.497 e. The number of nitrogens with zero attached hydrogens (tertiary/aromatic N) is 1. The van der Waals surface area contributed by atoms with E-state index in [2.05, 4.69) is 4.90 Å². The number of ether oxygens (including phenoxy) is 3. The van der Waals surface area contributed by atoms with Crippen molar-refractivity contribution in [2.75, 3.05) is 20.3 Å². The van der Waals surface area contributed by atoms with Crippen LogP contribution in [0.15, 0.2) is 54.6 Å². The van der Waals surface area contributed by atoms with Crippen molar-refractivity contribution >= 4 is 0 Å². The fraction of sp³-hybridized carbons (Fsp3) is 0.455. The van der Waals surface area contributed by atoms with Crippen molar-refractivity contribution in [2.24, 2.45) is 0 Å². The van der Waals surface area contributed by atoms with Crippen LogP contribution in [0.3, 0.4) is 0 Å². The third kappa shape index (κ3) is 3.86. The van der Waals surface area contributed by atoms with Crippen molar-refractivity contribution in [3.8, 4) is 11.5 Å². The zero-order chi connectivity index (χ0) is 19.5. The molecule has 0 aromatic heterocycles. The van der Waals surface area contributed by atoms with Crippen LogP contribution in [0.5, 0.6) is 11.5 Å². The molecule has 2 aliphatic heterocycles. The first-order chi connectivity index (χ1) is 13.7. The lowest BCUT2D eigenvalue weighted by Gasteiger charge is -2.27. The Balaban J connectivity index is 1.45. The third-order valence-corrected chi connectivity index (χ3v) is 5.72. The van der Waals surface area contributed by atoms with Gasteiger partial charge in [0.1, 0.15) is 24.2 Å². The minimum atomic E-state index is -0.745. The second kappa shape index (κ2) is 8.49. The van der Waals surface area contributed by atoms with E-state index in [0.717, 1.165) is 23.6 Å². The van der Waals surface area contributed by atoms with Crippen molar-refractivity contribution < 1.29 is 24.4 Å². The summed E-state index contributed by atoms with van der Waals surface area (Å²) in [6, 6.07) is 16.9. The number of rotatable bonds is 7. The van der Waals surface area contributed by atoms with Crippen LogP contribution in [0.25, 0.3) is 0 Å². The average Bonchev–Trinajstić information content (AvgIpc) is 3.24. The second-order valence-electron chi connectivity index (χ2n) is 7.39. The van der Waals surface area contributed by atoms with Gasteiger partial charge in [0, 0.05) is 6.54 Å². The predicted molar refractivity (Wildman–Crippen MR) is 104 cm³/mol. The smallest absolute Gasteiger partial charge is 0.119 e. The highest BCUT2D eigenvalue weighted by atomic mass is 16.5. The summed E-state index contributed by atoms with van der Waals surface area (Å²) < 4.78 is 17.3. The van der Waals surface area contributed by atoms with Gasteiger partial charge in [0.05, 0.1) is 38.0 Å². The van der Waals surface area contributed by atoms with E-state index in [0.29, 0.717) is 19.6 Å². The number of hydrogen-bond acceptors (Lipinski definition) is 6. The normalized spacial score (nSPS) is 29.6. The van der Waals surface area contributed by atoms with Crippen LogP contribution in [0.1, 0.15) is 12.0 Å². The van der Waals surface area contributed by atoms with E-state index in [-0.39, 0.29) is 12.1 Å². The summed E-state index contributed by atoms with van der Waals surface area (Å²) in [5, 5.41) is 21.2. The van der Waals surface area contributed by atoms with E-state index in [1.807, 2.05) is 54.6 Å². The van der Waals surface area contributed by atoms with Gasteiger partial charge in [-0.25, -0.2) is 0 Å². The van der Waals surface area contributed by atoms with Crippen molar-refractivity contribution in [3.63, 3.8) is 0 Å². The Kier molecular flexibility index (Phi) is 5.82. The SMILES string of the molecule is COc1ccc(OC[C@@H]2[C@H](OCc3ccccc3)[C@@H](O)[C@H]3[C@H](O)CCN32)cc1. The Bertz CT molecular complexity index is 753. The maximum absolute atomic E-state index is 10.8. The molecule has 6 nitrogen and oxygen atoms in total. The minimum Gasteiger partial charge on any atom is -0.497 e. The van der Waals surface area contributed by atoms with Gasteiger partial charge in [0.2, 0.25) is 0 Å². The van der Waals surface area contributed by atoms with Crippen molar-refractivity contribution in [2.45, 2.75) is 43.4 Å². The number of aliphatic hydroxyl groups is 2. The molecule has 2 N–H and O–H groups in total. The molecule has 2 heterocycles. The van der Waals surface area contributed by atoms with Gasteiger partial charge in [0.25, 0.3) is 0 Å². The molecule has 4 rings (SSSR count). The summed E-state index contributed by atoms with van der Waals surface area (Å²) in [5.41, 5.74) is 1.05. The molecule has 2 fully saturated rings. The second-order valence-corrected chi connectivity index (χ2v) is 7.39. The highest BCUT2D eigenvalue weighted by molar-refractivity contribution is 5.31. The Hall–Kier alpha value is -2.12. The first-order valence-electron chi connectivity index (χ1n) is 9.71. The zero-order valence-electron chi connectivity index (χ0n) is 16.0.